The molecule has 2 heterocycles. The molecule has 2 aliphatic rings. The van der Waals surface area contributed by atoms with Crippen LogP contribution in [0.3, 0.4) is 0 Å². The highest BCUT2D eigenvalue weighted by atomic mass is 16.5. The van der Waals surface area contributed by atoms with Crippen LogP contribution in [0.2, 0.25) is 0 Å². The molecule has 2 aliphatic heterocycles. The minimum Gasteiger partial charge on any atom is -0.493 e. The van der Waals surface area contributed by atoms with E-state index in [1.54, 1.807) is 0 Å². The zero-order valence-corrected chi connectivity index (χ0v) is 10.7. The Labute approximate surface area is 108 Å². The van der Waals surface area contributed by atoms with Gasteiger partial charge in [0.25, 0.3) is 0 Å². The van der Waals surface area contributed by atoms with Crippen molar-refractivity contribution < 1.29 is 9.47 Å². The van der Waals surface area contributed by atoms with Crippen LogP contribution in [-0.4, -0.2) is 32.9 Å². The van der Waals surface area contributed by atoms with Crippen molar-refractivity contribution in [1.82, 2.24) is 5.32 Å². The molecule has 2 atom stereocenters. The highest BCUT2D eigenvalue weighted by Crippen LogP contribution is 2.32. The van der Waals surface area contributed by atoms with Crippen LogP contribution in [0.15, 0.2) is 24.3 Å². The summed E-state index contributed by atoms with van der Waals surface area (Å²) in [7, 11) is 0. The first-order chi connectivity index (χ1) is 8.93. The maximum absolute atomic E-state index is 5.69. The first kappa shape index (κ1) is 12.0. The fourth-order valence-corrected chi connectivity index (χ4v) is 2.83. The molecule has 0 saturated carbocycles. The normalized spacial score (nSPS) is 26.7. The van der Waals surface area contributed by atoms with Crippen LogP contribution in [-0.2, 0) is 4.74 Å². The molecule has 2 unspecified atom stereocenters. The summed E-state index contributed by atoms with van der Waals surface area (Å²) < 4.78 is 11.1. The zero-order valence-electron chi connectivity index (χ0n) is 10.7. The molecular formula is C15H21NO2. The van der Waals surface area contributed by atoms with E-state index < -0.39 is 0 Å². The standard InChI is InChI=1S/C15H21NO2/c1-2-4-15-14(3-1)13(6-8-18-15)10-16-9-12-5-7-17-11-12/h1-4,12-13,16H,5-11H2. The molecule has 1 aromatic rings. The predicted molar refractivity (Wildman–Crippen MR) is 71.1 cm³/mol. The number of hydrogen-bond acceptors (Lipinski definition) is 3. The Hall–Kier alpha value is -1.06. The van der Waals surface area contributed by atoms with Gasteiger partial charge in [-0.3, -0.25) is 0 Å². The molecule has 3 rings (SSSR count). The second-order valence-corrected chi connectivity index (χ2v) is 5.26. The van der Waals surface area contributed by atoms with Crippen molar-refractivity contribution in [3.63, 3.8) is 0 Å². The van der Waals surface area contributed by atoms with Crippen LogP contribution < -0.4 is 10.1 Å². The van der Waals surface area contributed by atoms with Gasteiger partial charge >= 0.3 is 0 Å². The molecule has 1 fully saturated rings. The molecule has 3 nitrogen and oxygen atoms in total. The third-order valence-corrected chi connectivity index (χ3v) is 3.93. The van der Waals surface area contributed by atoms with E-state index in [4.69, 9.17) is 9.47 Å². The van der Waals surface area contributed by atoms with Crippen molar-refractivity contribution in [2.24, 2.45) is 5.92 Å². The molecule has 0 aromatic heterocycles. The summed E-state index contributed by atoms with van der Waals surface area (Å²) in [5.41, 5.74) is 1.36. The summed E-state index contributed by atoms with van der Waals surface area (Å²) in [5.74, 6) is 2.37. The molecule has 1 N–H and O–H groups in total. The Morgan fingerprint density at radius 2 is 2.06 bits per heavy atom. The number of benzene rings is 1. The molecule has 1 aromatic carbocycles. The molecule has 0 aliphatic carbocycles. The van der Waals surface area contributed by atoms with E-state index in [2.05, 4.69) is 23.5 Å². The molecular weight excluding hydrogens is 226 g/mol. The Bertz CT molecular complexity index is 388. The lowest BCUT2D eigenvalue weighted by Gasteiger charge is -2.26. The Kier molecular flexibility index (Phi) is 3.81. The Morgan fingerprint density at radius 3 is 2.94 bits per heavy atom. The van der Waals surface area contributed by atoms with Crippen molar-refractivity contribution in [2.75, 3.05) is 32.9 Å². The molecule has 3 heteroatoms. The van der Waals surface area contributed by atoms with Crippen LogP contribution in [0.5, 0.6) is 5.75 Å². The van der Waals surface area contributed by atoms with Gasteiger partial charge in [0.15, 0.2) is 0 Å². The summed E-state index contributed by atoms with van der Waals surface area (Å²) >= 11 is 0. The molecule has 98 valence electrons. The molecule has 0 spiro atoms. The average Bonchev–Trinajstić information content (AvgIpc) is 2.92. The second kappa shape index (κ2) is 5.72. The van der Waals surface area contributed by atoms with Gasteiger partial charge in [0.05, 0.1) is 13.2 Å². The van der Waals surface area contributed by atoms with Gasteiger partial charge in [-0.25, -0.2) is 0 Å². The van der Waals surface area contributed by atoms with Gasteiger partial charge in [-0.05, 0) is 30.4 Å². The van der Waals surface area contributed by atoms with Crippen LogP contribution in [0, 0.1) is 5.92 Å². The lowest BCUT2D eigenvalue weighted by atomic mass is 9.93. The fourth-order valence-electron chi connectivity index (χ4n) is 2.83. The quantitative estimate of drug-likeness (QED) is 0.884. The fraction of sp³-hybridized carbons (Fsp3) is 0.600. The van der Waals surface area contributed by atoms with E-state index in [-0.39, 0.29) is 0 Å². The van der Waals surface area contributed by atoms with Crippen molar-refractivity contribution >= 4 is 0 Å². The van der Waals surface area contributed by atoms with E-state index >= 15 is 0 Å². The van der Waals surface area contributed by atoms with Gasteiger partial charge in [-0.15, -0.1) is 0 Å². The van der Waals surface area contributed by atoms with E-state index in [1.165, 1.54) is 12.0 Å². The monoisotopic (exact) mass is 247 g/mol. The smallest absolute Gasteiger partial charge is 0.122 e. The Balaban J connectivity index is 1.54. The van der Waals surface area contributed by atoms with Crippen molar-refractivity contribution in [1.29, 1.82) is 0 Å². The van der Waals surface area contributed by atoms with Crippen molar-refractivity contribution in [2.45, 2.75) is 18.8 Å². The van der Waals surface area contributed by atoms with E-state index in [9.17, 15) is 0 Å². The number of para-hydroxylation sites is 1. The summed E-state index contributed by atoms with van der Waals surface area (Å²) in [6.45, 7) is 4.84. The third-order valence-electron chi connectivity index (χ3n) is 3.93. The molecule has 0 bridgehead atoms. The summed E-state index contributed by atoms with van der Waals surface area (Å²) in [4.78, 5) is 0. The van der Waals surface area contributed by atoms with Crippen LogP contribution in [0.4, 0.5) is 0 Å². The van der Waals surface area contributed by atoms with Gasteiger partial charge in [0, 0.05) is 25.6 Å². The number of ether oxygens (including phenoxy) is 2. The van der Waals surface area contributed by atoms with Crippen LogP contribution in [0.25, 0.3) is 0 Å². The topological polar surface area (TPSA) is 30.5 Å². The highest BCUT2D eigenvalue weighted by Gasteiger charge is 2.21. The number of nitrogens with one attached hydrogen (secondary N) is 1. The van der Waals surface area contributed by atoms with Gasteiger partial charge in [-0.2, -0.15) is 0 Å². The minimum atomic E-state index is 0.595. The summed E-state index contributed by atoms with van der Waals surface area (Å²) in [6, 6.07) is 8.42. The number of rotatable bonds is 4. The zero-order chi connectivity index (χ0) is 12.2. The van der Waals surface area contributed by atoms with E-state index in [1.807, 2.05) is 6.07 Å². The van der Waals surface area contributed by atoms with Gasteiger partial charge < -0.3 is 14.8 Å². The summed E-state index contributed by atoms with van der Waals surface area (Å²) in [5, 5.41) is 3.60. The maximum atomic E-state index is 5.69. The molecule has 0 amide bonds. The third kappa shape index (κ3) is 2.68. The molecule has 1 saturated heterocycles. The van der Waals surface area contributed by atoms with Crippen LogP contribution in [0.1, 0.15) is 24.3 Å². The van der Waals surface area contributed by atoms with Crippen molar-refractivity contribution in [3.8, 4) is 5.75 Å². The highest BCUT2D eigenvalue weighted by molar-refractivity contribution is 5.37. The molecule has 0 radical (unpaired) electrons. The molecule has 18 heavy (non-hydrogen) atoms. The first-order valence-electron chi connectivity index (χ1n) is 6.93. The predicted octanol–water partition coefficient (Wildman–Crippen LogP) is 2.18. The van der Waals surface area contributed by atoms with Gasteiger partial charge in [0.2, 0.25) is 0 Å². The van der Waals surface area contributed by atoms with E-state index in [0.29, 0.717) is 11.8 Å². The van der Waals surface area contributed by atoms with Crippen LogP contribution >= 0.6 is 0 Å². The van der Waals surface area contributed by atoms with Gasteiger partial charge in [0.1, 0.15) is 5.75 Å². The van der Waals surface area contributed by atoms with Crippen molar-refractivity contribution in [3.05, 3.63) is 29.8 Å². The Morgan fingerprint density at radius 1 is 1.11 bits per heavy atom. The maximum Gasteiger partial charge on any atom is 0.122 e. The lowest BCUT2D eigenvalue weighted by Crippen LogP contribution is -2.30. The van der Waals surface area contributed by atoms with Gasteiger partial charge in [-0.1, -0.05) is 18.2 Å². The lowest BCUT2D eigenvalue weighted by molar-refractivity contribution is 0.185. The SMILES string of the molecule is c1ccc2c(c1)OCCC2CNCC1CCOC1. The summed E-state index contributed by atoms with van der Waals surface area (Å²) in [6.07, 6.45) is 2.32. The second-order valence-electron chi connectivity index (χ2n) is 5.26. The average molecular weight is 247 g/mol. The number of fused-ring (bicyclic) bond motifs is 1. The largest absolute Gasteiger partial charge is 0.493 e. The minimum absolute atomic E-state index is 0.595. The first-order valence-corrected chi connectivity index (χ1v) is 6.93. The number of hydrogen-bond donors (Lipinski definition) is 1. The van der Waals surface area contributed by atoms with E-state index in [0.717, 1.165) is 45.1 Å².